The lowest BCUT2D eigenvalue weighted by Gasteiger charge is -2.34. The second-order valence-electron chi connectivity index (χ2n) is 8.01. The van der Waals surface area contributed by atoms with Crippen LogP contribution in [-0.2, 0) is 20.7 Å². The molecule has 1 saturated carbocycles. The topological polar surface area (TPSA) is 67.9 Å². The van der Waals surface area contributed by atoms with Crippen LogP contribution in [0.1, 0.15) is 63.4 Å². The number of rotatable bonds is 10. The molecule has 1 aliphatic carbocycles. The van der Waals surface area contributed by atoms with Crippen molar-refractivity contribution in [3.63, 3.8) is 0 Å². The number of amides is 2. The minimum atomic E-state index is 0.0594. The molecular formula is C23H34N2O4. The highest BCUT2D eigenvalue weighted by Crippen LogP contribution is 2.31. The first kappa shape index (κ1) is 21.6. The van der Waals surface area contributed by atoms with E-state index in [1.54, 1.807) is 7.11 Å². The molecule has 0 unspecified atom stereocenters. The number of hydrogen-bond acceptors (Lipinski definition) is 4. The predicted molar refractivity (Wildman–Crippen MR) is 113 cm³/mol. The molecule has 3 rings (SSSR count). The number of fused-ring (bicyclic) bond motifs is 1. The van der Waals surface area contributed by atoms with Crippen molar-refractivity contribution >= 4 is 17.5 Å². The van der Waals surface area contributed by atoms with Gasteiger partial charge >= 0.3 is 0 Å². The fourth-order valence-corrected chi connectivity index (χ4v) is 4.32. The van der Waals surface area contributed by atoms with Gasteiger partial charge in [0.2, 0.25) is 11.8 Å². The maximum atomic E-state index is 12.8. The molecule has 2 amide bonds. The SMILES string of the molecule is COCCN(C(=O)CCCCOc1cccc2c1CCC(=O)N2)C1CCCCC1. The Balaban J connectivity index is 1.43. The van der Waals surface area contributed by atoms with Crippen molar-refractivity contribution in [3.8, 4) is 5.75 Å². The molecule has 1 aromatic carbocycles. The fraction of sp³-hybridized carbons (Fsp3) is 0.652. The third-order valence-electron chi connectivity index (χ3n) is 5.92. The van der Waals surface area contributed by atoms with Gasteiger partial charge in [-0.3, -0.25) is 9.59 Å². The zero-order chi connectivity index (χ0) is 20.5. The zero-order valence-corrected chi connectivity index (χ0v) is 17.6. The van der Waals surface area contributed by atoms with E-state index in [4.69, 9.17) is 9.47 Å². The number of carbonyl (C=O) groups excluding carboxylic acids is 2. The lowest BCUT2D eigenvalue weighted by atomic mass is 9.94. The standard InChI is InChI=1S/C23H34N2O4/c1-28-17-15-25(18-8-3-2-4-9-18)23(27)12-5-6-16-29-21-11-7-10-20-19(21)13-14-22(26)24-20/h7,10-11,18H,2-6,8-9,12-17H2,1H3,(H,24,26). The fourth-order valence-electron chi connectivity index (χ4n) is 4.32. The van der Waals surface area contributed by atoms with Gasteiger partial charge in [-0.25, -0.2) is 0 Å². The van der Waals surface area contributed by atoms with E-state index in [0.717, 1.165) is 42.7 Å². The van der Waals surface area contributed by atoms with Crippen LogP contribution in [0.5, 0.6) is 5.75 Å². The second-order valence-corrected chi connectivity index (χ2v) is 8.01. The summed E-state index contributed by atoms with van der Waals surface area (Å²) in [5.74, 6) is 1.15. The largest absolute Gasteiger partial charge is 0.493 e. The van der Waals surface area contributed by atoms with Crippen molar-refractivity contribution in [1.29, 1.82) is 0 Å². The van der Waals surface area contributed by atoms with Crippen molar-refractivity contribution in [2.75, 3.05) is 32.2 Å². The Bertz CT molecular complexity index is 685. The van der Waals surface area contributed by atoms with E-state index in [-0.39, 0.29) is 11.8 Å². The molecule has 1 aliphatic heterocycles. The lowest BCUT2D eigenvalue weighted by molar-refractivity contribution is -0.135. The number of benzene rings is 1. The van der Waals surface area contributed by atoms with Crippen molar-refractivity contribution in [3.05, 3.63) is 23.8 Å². The van der Waals surface area contributed by atoms with Crippen molar-refractivity contribution in [1.82, 2.24) is 4.90 Å². The molecule has 0 spiro atoms. The average Bonchev–Trinajstić information content (AvgIpc) is 2.74. The van der Waals surface area contributed by atoms with Crippen molar-refractivity contribution < 1.29 is 19.1 Å². The van der Waals surface area contributed by atoms with E-state index in [2.05, 4.69) is 10.2 Å². The first-order valence-electron chi connectivity index (χ1n) is 11.0. The van der Waals surface area contributed by atoms with E-state index < -0.39 is 0 Å². The summed E-state index contributed by atoms with van der Waals surface area (Å²) in [5.41, 5.74) is 1.93. The molecule has 2 aliphatic rings. The summed E-state index contributed by atoms with van der Waals surface area (Å²) in [6.45, 7) is 1.87. The van der Waals surface area contributed by atoms with Gasteiger partial charge in [-0.1, -0.05) is 25.3 Å². The quantitative estimate of drug-likeness (QED) is 0.602. The van der Waals surface area contributed by atoms with Crippen LogP contribution in [0, 0.1) is 0 Å². The van der Waals surface area contributed by atoms with E-state index >= 15 is 0 Å². The molecule has 0 radical (unpaired) electrons. The Morgan fingerprint density at radius 3 is 2.76 bits per heavy atom. The van der Waals surface area contributed by atoms with Gasteiger partial charge in [0, 0.05) is 43.8 Å². The lowest BCUT2D eigenvalue weighted by Crippen LogP contribution is -2.43. The van der Waals surface area contributed by atoms with Gasteiger partial charge in [0.1, 0.15) is 5.75 Å². The number of carbonyl (C=O) groups is 2. The molecule has 1 fully saturated rings. The van der Waals surface area contributed by atoms with E-state index in [1.165, 1.54) is 19.3 Å². The minimum absolute atomic E-state index is 0.0594. The molecule has 1 heterocycles. The highest BCUT2D eigenvalue weighted by atomic mass is 16.5. The molecule has 1 N–H and O–H groups in total. The number of unbranched alkanes of at least 4 members (excludes halogenated alkanes) is 1. The van der Waals surface area contributed by atoms with Gasteiger partial charge in [0.15, 0.2) is 0 Å². The minimum Gasteiger partial charge on any atom is -0.493 e. The van der Waals surface area contributed by atoms with Crippen LogP contribution < -0.4 is 10.1 Å². The molecular weight excluding hydrogens is 368 g/mol. The van der Waals surface area contributed by atoms with Gasteiger partial charge in [-0.2, -0.15) is 0 Å². The second kappa shape index (κ2) is 11.2. The number of hydrogen-bond donors (Lipinski definition) is 1. The molecule has 6 heteroatoms. The smallest absolute Gasteiger partial charge is 0.224 e. The molecule has 1 aromatic rings. The number of ether oxygens (including phenoxy) is 2. The summed E-state index contributed by atoms with van der Waals surface area (Å²) in [6.07, 6.45) is 9.40. The van der Waals surface area contributed by atoms with Crippen molar-refractivity contribution in [2.45, 2.75) is 70.3 Å². The summed E-state index contributed by atoms with van der Waals surface area (Å²) in [6, 6.07) is 6.16. The summed E-state index contributed by atoms with van der Waals surface area (Å²) < 4.78 is 11.2. The van der Waals surface area contributed by atoms with Crippen LogP contribution in [0.3, 0.4) is 0 Å². The van der Waals surface area contributed by atoms with Gasteiger partial charge in [0.25, 0.3) is 0 Å². The molecule has 29 heavy (non-hydrogen) atoms. The van der Waals surface area contributed by atoms with Gasteiger partial charge < -0.3 is 19.7 Å². The summed E-state index contributed by atoms with van der Waals surface area (Å²) in [4.78, 5) is 26.4. The number of methoxy groups -OCH3 is 1. The van der Waals surface area contributed by atoms with Crippen LogP contribution in [0.15, 0.2) is 18.2 Å². The maximum absolute atomic E-state index is 12.8. The Morgan fingerprint density at radius 1 is 1.14 bits per heavy atom. The molecule has 160 valence electrons. The van der Waals surface area contributed by atoms with Crippen LogP contribution in [0.2, 0.25) is 0 Å². The predicted octanol–water partition coefficient (Wildman–Crippen LogP) is 3.93. The number of nitrogens with zero attached hydrogens (tertiary/aromatic N) is 1. The molecule has 0 aromatic heterocycles. The van der Waals surface area contributed by atoms with E-state index in [9.17, 15) is 9.59 Å². The summed E-state index contributed by atoms with van der Waals surface area (Å²) >= 11 is 0. The van der Waals surface area contributed by atoms with Crippen LogP contribution in [0.25, 0.3) is 0 Å². The van der Waals surface area contributed by atoms with Crippen LogP contribution in [-0.4, -0.2) is 49.6 Å². The highest BCUT2D eigenvalue weighted by molar-refractivity contribution is 5.94. The molecule has 6 nitrogen and oxygen atoms in total. The van der Waals surface area contributed by atoms with Crippen LogP contribution in [0.4, 0.5) is 5.69 Å². The Morgan fingerprint density at radius 2 is 1.97 bits per heavy atom. The normalized spacial score (nSPS) is 16.8. The van der Waals surface area contributed by atoms with Crippen molar-refractivity contribution in [2.24, 2.45) is 0 Å². The van der Waals surface area contributed by atoms with Gasteiger partial charge in [-0.15, -0.1) is 0 Å². The first-order chi connectivity index (χ1) is 14.2. The highest BCUT2D eigenvalue weighted by Gasteiger charge is 2.24. The monoisotopic (exact) mass is 402 g/mol. The Labute approximate surface area is 173 Å². The number of nitrogens with one attached hydrogen (secondary N) is 1. The van der Waals surface area contributed by atoms with Crippen LogP contribution >= 0.6 is 0 Å². The Hall–Kier alpha value is -2.08. The Kier molecular flexibility index (Phi) is 8.35. The third-order valence-corrected chi connectivity index (χ3v) is 5.92. The van der Waals surface area contributed by atoms with Gasteiger partial charge in [-0.05, 0) is 44.2 Å². The molecule has 0 atom stereocenters. The zero-order valence-electron chi connectivity index (χ0n) is 17.6. The molecule has 0 bridgehead atoms. The third kappa shape index (κ3) is 6.20. The number of anilines is 1. The van der Waals surface area contributed by atoms with E-state index in [1.807, 2.05) is 18.2 Å². The summed E-state index contributed by atoms with van der Waals surface area (Å²) in [7, 11) is 1.69. The average molecular weight is 403 g/mol. The van der Waals surface area contributed by atoms with E-state index in [0.29, 0.717) is 45.1 Å². The maximum Gasteiger partial charge on any atom is 0.224 e. The van der Waals surface area contributed by atoms with Gasteiger partial charge in [0.05, 0.1) is 13.2 Å². The molecule has 0 saturated heterocycles. The summed E-state index contributed by atoms with van der Waals surface area (Å²) in [5, 5.41) is 2.90. The first-order valence-corrected chi connectivity index (χ1v) is 11.0.